The van der Waals surface area contributed by atoms with Crippen molar-refractivity contribution in [3.8, 4) is 0 Å². The van der Waals surface area contributed by atoms with Crippen molar-refractivity contribution in [1.82, 2.24) is 15.1 Å². The van der Waals surface area contributed by atoms with E-state index < -0.39 is 5.54 Å². The molecule has 1 fully saturated rings. The number of rotatable bonds is 5. The predicted molar refractivity (Wildman–Crippen MR) is 70.3 cm³/mol. The normalized spacial score (nSPS) is 15.1. The van der Waals surface area contributed by atoms with Crippen LogP contribution < -0.4 is 16.4 Å². The van der Waals surface area contributed by atoms with E-state index in [9.17, 15) is 9.59 Å². The third-order valence-corrected chi connectivity index (χ3v) is 2.72. The largest absolute Gasteiger partial charge is 0.352 e. The van der Waals surface area contributed by atoms with Gasteiger partial charge in [-0.15, -0.1) is 0 Å². The standard InChI is InChI=1S/C12H19N5O2/c1-12(2,13)11(19)16-9-5-14-17(6-9)7-10(18)15-8-3-4-8/h5-6,8H,3-4,7,13H2,1-2H3,(H,15,18)(H,16,19). The molecule has 1 heterocycles. The molecule has 7 heteroatoms. The van der Waals surface area contributed by atoms with Crippen LogP contribution in [-0.4, -0.2) is 33.2 Å². The molecule has 2 rings (SSSR count). The Balaban J connectivity index is 1.87. The molecule has 1 aliphatic carbocycles. The summed E-state index contributed by atoms with van der Waals surface area (Å²) in [6.45, 7) is 3.39. The Bertz CT molecular complexity index is 485. The average molecular weight is 265 g/mol. The second-order valence-electron chi connectivity index (χ2n) is 5.44. The summed E-state index contributed by atoms with van der Waals surface area (Å²) in [6, 6.07) is 0.334. The van der Waals surface area contributed by atoms with Gasteiger partial charge in [0.1, 0.15) is 6.54 Å². The molecule has 104 valence electrons. The van der Waals surface area contributed by atoms with Crippen LogP contribution in [0.4, 0.5) is 5.69 Å². The average Bonchev–Trinajstić information content (AvgIpc) is 2.98. The Morgan fingerprint density at radius 2 is 2.21 bits per heavy atom. The van der Waals surface area contributed by atoms with Gasteiger partial charge in [-0.1, -0.05) is 0 Å². The Morgan fingerprint density at radius 1 is 1.53 bits per heavy atom. The maximum atomic E-state index is 11.7. The molecule has 0 aromatic carbocycles. The monoisotopic (exact) mass is 265 g/mol. The molecule has 2 amide bonds. The molecule has 0 bridgehead atoms. The number of hydrogen-bond donors (Lipinski definition) is 3. The summed E-state index contributed by atoms with van der Waals surface area (Å²) in [4.78, 5) is 23.2. The first-order chi connectivity index (χ1) is 8.84. The molecule has 1 aromatic heterocycles. The lowest BCUT2D eigenvalue weighted by Crippen LogP contribution is -2.45. The first-order valence-electron chi connectivity index (χ1n) is 6.27. The van der Waals surface area contributed by atoms with Crippen LogP contribution in [0, 0.1) is 0 Å². The Labute approximate surface area is 111 Å². The maximum absolute atomic E-state index is 11.7. The second-order valence-corrected chi connectivity index (χ2v) is 5.44. The van der Waals surface area contributed by atoms with Crippen LogP contribution in [0.3, 0.4) is 0 Å². The number of amides is 2. The van der Waals surface area contributed by atoms with Crippen LogP contribution in [0.1, 0.15) is 26.7 Å². The Hall–Kier alpha value is -1.89. The summed E-state index contributed by atoms with van der Waals surface area (Å²) in [6.07, 6.45) is 5.21. The molecule has 0 radical (unpaired) electrons. The minimum atomic E-state index is -0.953. The van der Waals surface area contributed by atoms with Gasteiger partial charge in [-0.05, 0) is 26.7 Å². The van der Waals surface area contributed by atoms with Crippen molar-refractivity contribution in [2.75, 3.05) is 5.32 Å². The van der Waals surface area contributed by atoms with Gasteiger partial charge in [0.2, 0.25) is 11.8 Å². The number of nitrogens with zero attached hydrogens (tertiary/aromatic N) is 2. The maximum Gasteiger partial charge on any atom is 0.243 e. The lowest BCUT2D eigenvalue weighted by molar-refractivity contribution is -0.122. The van der Waals surface area contributed by atoms with Crippen LogP contribution in [0.5, 0.6) is 0 Å². The van der Waals surface area contributed by atoms with Gasteiger partial charge < -0.3 is 16.4 Å². The summed E-state index contributed by atoms with van der Waals surface area (Å²) in [5.41, 5.74) is 5.25. The highest BCUT2D eigenvalue weighted by Crippen LogP contribution is 2.18. The van der Waals surface area contributed by atoms with Crippen molar-refractivity contribution in [3.05, 3.63) is 12.4 Å². The van der Waals surface area contributed by atoms with Crippen LogP contribution in [0.15, 0.2) is 12.4 Å². The fourth-order valence-corrected chi connectivity index (χ4v) is 1.45. The van der Waals surface area contributed by atoms with Crippen molar-refractivity contribution in [2.45, 2.75) is 44.8 Å². The van der Waals surface area contributed by atoms with Gasteiger partial charge in [-0.3, -0.25) is 14.3 Å². The molecule has 19 heavy (non-hydrogen) atoms. The minimum Gasteiger partial charge on any atom is -0.352 e. The summed E-state index contributed by atoms with van der Waals surface area (Å²) in [7, 11) is 0. The summed E-state index contributed by atoms with van der Waals surface area (Å²) in [5.74, 6) is -0.364. The van der Waals surface area contributed by atoms with Gasteiger partial charge in [-0.2, -0.15) is 5.10 Å². The van der Waals surface area contributed by atoms with Crippen LogP contribution in [-0.2, 0) is 16.1 Å². The molecule has 0 aliphatic heterocycles. The number of hydrogen-bond acceptors (Lipinski definition) is 4. The molecule has 0 unspecified atom stereocenters. The van der Waals surface area contributed by atoms with E-state index in [4.69, 9.17) is 5.73 Å². The molecule has 0 spiro atoms. The van der Waals surface area contributed by atoms with Crippen molar-refractivity contribution in [1.29, 1.82) is 0 Å². The Morgan fingerprint density at radius 3 is 2.79 bits per heavy atom. The minimum absolute atomic E-state index is 0.0670. The van der Waals surface area contributed by atoms with Crippen molar-refractivity contribution in [3.63, 3.8) is 0 Å². The fourth-order valence-electron chi connectivity index (χ4n) is 1.45. The highest BCUT2D eigenvalue weighted by atomic mass is 16.2. The van der Waals surface area contributed by atoms with E-state index in [0.717, 1.165) is 12.8 Å². The zero-order chi connectivity index (χ0) is 14.0. The summed E-state index contributed by atoms with van der Waals surface area (Å²) >= 11 is 0. The lowest BCUT2D eigenvalue weighted by Gasteiger charge is -2.16. The van der Waals surface area contributed by atoms with Gasteiger partial charge >= 0.3 is 0 Å². The van der Waals surface area contributed by atoms with Crippen molar-refractivity contribution >= 4 is 17.5 Å². The number of nitrogens with one attached hydrogen (secondary N) is 2. The molecule has 1 aliphatic rings. The third kappa shape index (κ3) is 4.06. The molecular weight excluding hydrogens is 246 g/mol. The highest BCUT2D eigenvalue weighted by molar-refractivity contribution is 5.97. The molecule has 0 saturated heterocycles. The van der Waals surface area contributed by atoms with E-state index in [0.29, 0.717) is 11.7 Å². The van der Waals surface area contributed by atoms with E-state index in [1.807, 2.05) is 0 Å². The highest BCUT2D eigenvalue weighted by Gasteiger charge is 2.24. The molecule has 0 atom stereocenters. The number of carbonyl (C=O) groups excluding carboxylic acids is 2. The lowest BCUT2D eigenvalue weighted by atomic mass is 10.1. The second kappa shape index (κ2) is 5.00. The van der Waals surface area contributed by atoms with Crippen molar-refractivity contribution in [2.24, 2.45) is 5.73 Å². The SMILES string of the molecule is CC(C)(N)C(=O)Nc1cnn(CC(=O)NC2CC2)c1. The Kier molecular flexibility index (Phi) is 3.57. The molecule has 1 aromatic rings. The summed E-state index contributed by atoms with van der Waals surface area (Å²) in [5, 5.41) is 9.54. The van der Waals surface area contributed by atoms with Gasteiger partial charge in [0, 0.05) is 12.2 Å². The van der Waals surface area contributed by atoms with E-state index in [2.05, 4.69) is 15.7 Å². The van der Waals surface area contributed by atoms with E-state index >= 15 is 0 Å². The summed E-state index contributed by atoms with van der Waals surface area (Å²) < 4.78 is 1.48. The third-order valence-electron chi connectivity index (χ3n) is 2.72. The predicted octanol–water partition coefficient (Wildman–Crippen LogP) is -0.162. The zero-order valence-electron chi connectivity index (χ0n) is 11.1. The molecule has 4 N–H and O–H groups in total. The van der Waals surface area contributed by atoms with Crippen molar-refractivity contribution < 1.29 is 9.59 Å². The van der Waals surface area contributed by atoms with Crippen LogP contribution in [0.2, 0.25) is 0 Å². The number of aromatic nitrogens is 2. The van der Waals surface area contributed by atoms with Gasteiger partial charge in [0.15, 0.2) is 0 Å². The smallest absolute Gasteiger partial charge is 0.243 e. The van der Waals surface area contributed by atoms with E-state index in [1.54, 1.807) is 20.0 Å². The molecular formula is C12H19N5O2. The fraction of sp³-hybridized carbons (Fsp3) is 0.583. The first-order valence-corrected chi connectivity index (χ1v) is 6.27. The van der Waals surface area contributed by atoms with E-state index in [-0.39, 0.29) is 18.4 Å². The van der Waals surface area contributed by atoms with Gasteiger partial charge in [0.05, 0.1) is 17.4 Å². The topological polar surface area (TPSA) is 102 Å². The molecule has 7 nitrogen and oxygen atoms in total. The van der Waals surface area contributed by atoms with Crippen LogP contribution >= 0.6 is 0 Å². The van der Waals surface area contributed by atoms with E-state index in [1.165, 1.54) is 10.9 Å². The van der Waals surface area contributed by atoms with Gasteiger partial charge in [-0.25, -0.2) is 0 Å². The first kappa shape index (κ1) is 13.5. The number of carbonyl (C=O) groups is 2. The number of anilines is 1. The number of nitrogens with two attached hydrogens (primary N) is 1. The van der Waals surface area contributed by atoms with Crippen LogP contribution in [0.25, 0.3) is 0 Å². The molecule has 1 saturated carbocycles. The zero-order valence-corrected chi connectivity index (χ0v) is 11.1. The quantitative estimate of drug-likeness (QED) is 0.688. The van der Waals surface area contributed by atoms with Gasteiger partial charge in [0.25, 0.3) is 0 Å².